The minimum Gasteiger partial charge on any atom is -0.478 e. The Morgan fingerprint density at radius 3 is 2.47 bits per heavy atom. The third-order valence-corrected chi connectivity index (χ3v) is 2.56. The lowest BCUT2D eigenvalue weighted by molar-refractivity contribution is -0.133. The number of hydrogen-bond donors (Lipinski definition) is 1. The Kier molecular flexibility index (Phi) is 3.80. The summed E-state index contributed by atoms with van der Waals surface area (Å²) < 4.78 is 5.23. The van der Waals surface area contributed by atoms with Crippen LogP contribution in [-0.4, -0.2) is 40.3 Å². The lowest BCUT2D eigenvalue weighted by Gasteiger charge is -2.28. The molecule has 0 aliphatic carbocycles. The van der Waals surface area contributed by atoms with E-state index in [2.05, 4.69) is 6.58 Å². The van der Waals surface area contributed by atoms with Crippen LogP contribution in [0.5, 0.6) is 0 Å². The minimum atomic E-state index is -1.06. The second-order valence-corrected chi connectivity index (χ2v) is 5.16. The predicted molar refractivity (Wildman–Crippen MR) is 62.7 cm³/mol. The number of nitrogens with zero attached hydrogens (tertiary/aromatic N) is 1. The van der Waals surface area contributed by atoms with E-state index in [9.17, 15) is 9.59 Å². The molecule has 1 aliphatic rings. The molecule has 1 unspecified atom stereocenters. The Hall–Kier alpha value is -1.52. The van der Waals surface area contributed by atoms with Crippen molar-refractivity contribution < 1.29 is 19.4 Å². The first-order chi connectivity index (χ1) is 7.72. The maximum atomic E-state index is 11.9. The fourth-order valence-electron chi connectivity index (χ4n) is 1.81. The van der Waals surface area contributed by atoms with Crippen molar-refractivity contribution in [3.05, 3.63) is 12.2 Å². The van der Waals surface area contributed by atoms with Crippen molar-refractivity contribution >= 4 is 12.1 Å². The zero-order valence-corrected chi connectivity index (χ0v) is 10.5. The van der Waals surface area contributed by atoms with Gasteiger partial charge in [0.15, 0.2) is 0 Å². The van der Waals surface area contributed by atoms with Crippen molar-refractivity contribution in [3.63, 3.8) is 0 Å². The highest BCUT2D eigenvalue weighted by Crippen LogP contribution is 2.25. The summed E-state index contributed by atoms with van der Waals surface area (Å²) in [5.41, 5.74) is -0.525. The van der Waals surface area contributed by atoms with Crippen LogP contribution in [0.25, 0.3) is 0 Å². The second kappa shape index (κ2) is 4.77. The maximum absolute atomic E-state index is 11.9. The van der Waals surface area contributed by atoms with E-state index in [-0.39, 0.29) is 5.57 Å². The molecule has 0 aromatic rings. The Balaban J connectivity index is 2.73. The van der Waals surface area contributed by atoms with E-state index in [1.54, 1.807) is 20.8 Å². The van der Waals surface area contributed by atoms with Crippen LogP contribution in [0.1, 0.15) is 33.6 Å². The highest BCUT2D eigenvalue weighted by Gasteiger charge is 2.35. The average molecular weight is 241 g/mol. The summed E-state index contributed by atoms with van der Waals surface area (Å²) in [5.74, 6) is -1.06. The monoisotopic (exact) mass is 241 g/mol. The van der Waals surface area contributed by atoms with E-state index in [1.165, 1.54) is 4.90 Å². The highest BCUT2D eigenvalue weighted by molar-refractivity contribution is 5.88. The second-order valence-electron chi connectivity index (χ2n) is 5.16. The van der Waals surface area contributed by atoms with Gasteiger partial charge in [0.2, 0.25) is 0 Å². The Morgan fingerprint density at radius 2 is 2.00 bits per heavy atom. The number of rotatable bonds is 2. The predicted octanol–water partition coefficient (Wildman–Crippen LogP) is 2.03. The summed E-state index contributed by atoms with van der Waals surface area (Å²) in [4.78, 5) is 24.2. The molecular formula is C12H19NO4. The molecule has 1 atom stereocenters. The minimum absolute atomic E-state index is 0.0494. The largest absolute Gasteiger partial charge is 0.478 e. The van der Waals surface area contributed by atoms with Gasteiger partial charge < -0.3 is 14.7 Å². The van der Waals surface area contributed by atoms with Crippen molar-refractivity contribution in [1.82, 2.24) is 4.90 Å². The standard InChI is InChI=1S/C12H19NO4/c1-8(10(14)15)9-6-5-7-13(9)11(16)17-12(2,3)4/h9H,1,5-7H2,2-4H3,(H,14,15). The van der Waals surface area contributed by atoms with Crippen molar-refractivity contribution in [2.24, 2.45) is 0 Å². The zero-order valence-electron chi connectivity index (χ0n) is 10.5. The van der Waals surface area contributed by atoms with E-state index in [4.69, 9.17) is 9.84 Å². The lowest BCUT2D eigenvalue weighted by Crippen LogP contribution is -2.41. The lowest BCUT2D eigenvalue weighted by atomic mass is 10.1. The van der Waals surface area contributed by atoms with Crippen molar-refractivity contribution in [1.29, 1.82) is 0 Å². The van der Waals surface area contributed by atoms with Crippen LogP contribution < -0.4 is 0 Å². The Labute approximate surface area is 101 Å². The van der Waals surface area contributed by atoms with Crippen molar-refractivity contribution in [2.75, 3.05) is 6.54 Å². The number of amides is 1. The fraction of sp³-hybridized carbons (Fsp3) is 0.667. The molecular weight excluding hydrogens is 222 g/mol. The number of ether oxygens (including phenoxy) is 1. The molecule has 0 bridgehead atoms. The van der Waals surface area contributed by atoms with Crippen molar-refractivity contribution in [2.45, 2.75) is 45.3 Å². The molecule has 1 fully saturated rings. The first-order valence-electron chi connectivity index (χ1n) is 5.64. The molecule has 5 nitrogen and oxygen atoms in total. The molecule has 5 heteroatoms. The number of carbonyl (C=O) groups excluding carboxylic acids is 1. The van der Waals surface area contributed by atoms with Crippen LogP contribution in [0.4, 0.5) is 4.79 Å². The van der Waals surface area contributed by atoms with Gasteiger partial charge in [-0.15, -0.1) is 0 Å². The van der Waals surface area contributed by atoms with Gasteiger partial charge in [-0.2, -0.15) is 0 Å². The number of carboxylic acid groups (broad SMARTS) is 1. The molecule has 0 saturated carbocycles. The summed E-state index contributed by atoms with van der Waals surface area (Å²) in [5, 5.41) is 8.90. The molecule has 17 heavy (non-hydrogen) atoms. The van der Waals surface area contributed by atoms with Gasteiger partial charge in [0.25, 0.3) is 0 Å². The van der Waals surface area contributed by atoms with Crippen molar-refractivity contribution in [3.8, 4) is 0 Å². The zero-order chi connectivity index (χ0) is 13.2. The fourth-order valence-corrected chi connectivity index (χ4v) is 1.81. The smallest absolute Gasteiger partial charge is 0.410 e. The summed E-state index contributed by atoms with van der Waals surface area (Å²) >= 11 is 0. The molecule has 1 rings (SSSR count). The first kappa shape index (κ1) is 13.5. The molecule has 1 amide bonds. The molecule has 0 radical (unpaired) electrons. The van der Waals surface area contributed by atoms with Gasteiger partial charge in [0.05, 0.1) is 11.6 Å². The summed E-state index contributed by atoms with van der Waals surface area (Å²) in [6, 6.07) is -0.442. The van der Waals surface area contributed by atoms with E-state index in [0.717, 1.165) is 6.42 Å². The van der Waals surface area contributed by atoms with Crippen LogP contribution in [-0.2, 0) is 9.53 Å². The molecule has 0 aromatic heterocycles. The molecule has 0 aromatic carbocycles. The van der Waals surface area contributed by atoms with Crippen LogP contribution in [0.3, 0.4) is 0 Å². The van der Waals surface area contributed by atoms with Gasteiger partial charge in [0, 0.05) is 6.54 Å². The Bertz CT molecular complexity index is 343. The number of carboxylic acids is 1. The average Bonchev–Trinajstić information content (AvgIpc) is 2.61. The first-order valence-corrected chi connectivity index (χ1v) is 5.64. The third-order valence-electron chi connectivity index (χ3n) is 2.56. The topological polar surface area (TPSA) is 66.8 Å². The van der Waals surface area contributed by atoms with Gasteiger partial charge in [-0.05, 0) is 33.6 Å². The van der Waals surface area contributed by atoms with Crippen LogP contribution in [0, 0.1) is 0 Å². The number of hydrogen-bond acceptors (Lipinski definition) is 3. The quantitative estimate of drug-likeness (QED) is 0.751. The summed E-state index contributed by atoms with van der Waals surface area (Å²) in [7, 11) is 0. The van der Waals surface area contributed by atoms with Crippen LogP contribution in [0.15, 0.2) is 12.2 Å². The molecule has 1 heterocycles. The normalized spacial score (nSPS) is 20.2. The molecule has 1 saturated heterocycles. The summed E-state index contributed by atoms with van der Waals surface area (Å²) in [6.07, 6.45) is 0.933. The SMILES string of the molecule is C=C(C(=O)O)C1CCCN1C(=O)OC(C)(C)C. The molecule has 96 valence electrons. The number of aliphatic carboxylic acids is 1. The van der Waals surface area contributed by atoms with Gasteiger partial charge >= 0.3 is 12.1 Å². The van der Waals surface area contributed by atoms with E-state index < -0.39 is 23.7 Å². The molecule has 0 spiro atoms. The Morgan fingerprint density at radius 1 is 1.41 bits per heavy atom. The highest BCUT2D eigenvalue weighted by atomic mass is 16.6. The van der Waals surface area contributed by atoms with E-state index >= 15 is 0 Å². The summed E-state index contributed by atoms with van der Waals surface area (Å²) in [6.45, 7) is 9.38. The van der Waals surface area contributed by atoms with E-state index in [0.29, 0.717) is 13.0 Å². The van der Waals surface area contributed by atoms with Gasteiger partial charge in [-0.25, -0.2) is 9.59 Å². The third kappa shape index (κ3) is 3.47. The maximum Gasteiger partial charge on any atom is 0.410 e. The van der Waals surface area contributed by atoms with E-state index in [1.807, 2.05) is 0 Å². The van der Waals surface area contributed by atoms with Crippen LogP contribution in [0.2, 0.25) is 0 Å². The van der Waals surface area contributed by atoms with Gasteiger partial charge in [0.1, 0.15) is 5.60 Å². The molecule has 1 aliphatic heterocycles. The van der Waals surface area contributed by atoms with Gasteiger partial charge in [-0.3, -0.25) is 0 Å². The molecule has 1 N–H and O–H groups in total. The van der Waals surface area contributed by atoms with Crippen LogP contribution >= 0.6 is 0 Å². The van der Waals surface area contributed by atoms with Gasteiger partial charge in [-0.1, -0.05) is 6.58 Å². The number of carbonyl (C=O) groups is 2. The number of likely N-dealkylation sites (tertiary alicyclic amines) is 1.